The molecule has 0 unspecified atom stereocenters. The summed E-state index contributed by atoms with van der Waals surface area (Å²) >= 11 is 2.49. The Labute approximate surface area is 139 Å². The lowest BCUT2D eigenvalue weighted by atomic mass is 10.1. The van der Waals surface area contributed by atoms with E-state index in [1.807, 2.05) is 32.0 Å². The minimum absolute atomic E-state index is 0.125. The van der Waals surface area contributed by atoms with E-state index in [4.69, 9.17) is 0 Å². The van der Waals surface area contributed by atoms with E-state index in [0.29, 0.717) is 9.30 Å². The first-order valence-electron chi connectivity index (χ1n) is 6.74. The van der Waals surface area contributed by atoms with E-state index in [2.05, 4.69) is 20.6 Å². The first-order valence-corrected chi connectivity index (χ1v) is 8.54. The molecule has 2 heterocycles. The van der Waals surface area contributed by atoms with Gasteiger partial charge in [0.2, 0.25) is 10.9 Å². The van der Waals surface area contributed by atoms with Gasteiger partial charge in [-0.3, -0.25) is 9.59 Å². The largest absolute Gasteiger partial charge is 0.325 e. The van der Waals surface area contributed by atoms with Crippen LogP contribution in [0.2, 0.25) is 0 Å². The molecular weight excluding hydrogens is 334 g/mol. The lowest BCUT2D eigenvalue weighted by molar-refractivity contribution is -0.113. The second kappa shape index (κ2) is 6.47. The Bertz CT molecular complexity index is 934. The number of rotatable bonds is 4. The third-order valence-corrected chi connectivity index (χ3v) is 5.08. The van der Waals surface area contributed by atoms with E-state index in [1.54, 1.807) is 0 Å². The molecule has 9 heteroatoms. The summed E-state index contributed by atoms with van der Waals surface area (Å²) in [6.45, 7) is 3.96. The van der Waals surface area contributed by atoms with E-state index in [0.717, 1.165) is 23.0 Å². The van der Waals surface area contributed by atoms with E-state index in [-0.39, 0.29) is 17.2 Å². The van der Waals surface area contributed by atoms with Crippen LogP contribution in [-0.4, -0.2) is 31.5 Å². The van der Waals surface area contributed by atoms with Crippen molar-refractivity contribution in [3.63, 3.8) is 0 Å². The molecule has 3 aromatic rings. The minimum Gasteiger partial charge on any atom is -0.325 e. The average molecular weight is 347 g/mol. The predicted octanol–water partition coefficient (Wildman–Crippen LogP) is 1.89. The highest BCUT2D eigenvalue weighted by Crippen LogP contribution is 2.23. The standard InChI is InChI=1S/C14H13N5O2S2/c1-8-3-4-10(9(2)5-8)16-11(20)7-22-14-18-19-12(21)6-15-17-13(19)23-14/h3-6H,7H2,1-2H3,(H,16,20). The number of aryl methyl sites for hydroxylation is 2. The number of benzene rings is 1. The van der Waals surface area contributed by atoms with Gasteiger partial charge in [-0.15, -0.1) is 10.2 Å². The van der Waals surface area contributed by atoms with E-state index >= 15 is 0 Å². The summed E-state index contributed by atoms with van der Waals surface area (Å²) in [6, 6.07) is 5.86. The lowest BCUT2D eigenvalue weighted by Gasteiger charge is -2.08. The van der Waals surface area contributed by atoms with Crippen LogP contribution in [0.25, 0.3) is 4.96 Å². The highest BCUT2D eigenvalue weighted by molar-refractivity contribution is 8.01. The maximum absolute atomic E-state index is 12.1. The number of nitrogens with one attached hydrogen (secondary N) is 1. The van der Waals surface area contributed by atoms with Crippen molar-refractivity contribution in [2.24, 2.45) is 0 Å². The van der Waals surface area contributed by atoms with Crippen molar-refractivity contribution in [2.45, 2.75) is 18.2 Å². The number of fused-ring (bicyclic) bond motifs is 1. The van der Waals surface area contributed by atoms with Crippen molar-refractivity contribution in [3.05, 3.63) is 45.9 Å². The van der Waals surface area contributed by atoms with Crippen LogP contribution in [0.1, 0.15) is 11.1 Å². The molecule has 0 radical (unpaired) electrons. The summed E-state index contributed by atoms with van der Waals surface area (Å²) in [4.78, 5) is 24.0. The molecule has 0 aliphatic carbocycles. The third kappa shape index (κ3) is 3.57. The van der Waals surface area contributed by atoms with Gasteiger partial charge in [0.1, 0.15) is 6.20 Å². The van der Waals surface area contributed by atoms with E-state index in [9.17, 15) is 9.59 Å². The molecule has 0 aliphatic rings. The number of nitrogens with zero attached hydrogens (tertiary/aromatic N) is 4. The molecule has 0 aliphatic heterocycles. The molecule has 0 bridgehead atoms. The molecule has 3 rings (SSSR count). The Morgan fingerprint density at radius 1 is 1.39 bits per heavy atom. The van der Waals surface area contributed by atoms with Gasteiger partial charge in [-0.05, 0) is 25.5 Å². The predicted molar refractivity (Wildman–Crippen MR) is 90.2 cm³/mol. The van der Waals surface area contributed by atoms with Crippen LogP contribution in [0.3, 0.4) is 0 Å². The fourth-order valence-corrected chi connectivity index (χ4v) is 3.67. The Hall–Kier alpha value is -2.26. The monoisotopic (exact) mass is 347 g/mol. The molecule has 7 nitrogen and oxygen atoms in total. The molecule has 0 spiro atoms. The van der Waals surface area contributed by atoms with Gasteiger partial charge in [0, 0.05) is 5.69 Å². The van der Waals surface area contributed by atoms with Crippen LogP contribution in [0.15, 0.2) is 33.5 Å². The number of hydrogen-bond acceptors (Lipinski definition) is 7. The Kier molecular flexibility index (Phi) is 4.39. The molecule has 0 atom stereocenters. The Balaban J connectivity index is 1.66. The van der Waals surface area contributed by atoms with Crippen LogP contribution < -0.4 is 10.9 Å². The van der Waals surface area contributed by atoms with E-state index < -0.39 is 0 Å². The van der Waals surface area contributed by atoms with Gasteiger partial charge < -0.3 is 5.32 Å². The molecule has 2 aromatic heterocycles. The zero-order valence-electron chi connectivity index (χ0n) is 12.4. The van der Waals surface area contributed by atoms with Crippen molar-refractivity contribution < 1.29 is 4.79 Å². The van der Waals surface area contributed by atoms with Crippen molar-refractivity contribution >= 4 is 39.7 Å². The summed E-state index contributed by atoms with van der Waals surface area (Å²) in [5, 5.41) is 14.4. The van der Waals surface area contributed by atoms with Gasteiger partial charge in [0.05, 0.1) is 5.75 Å². The first-order chi connectivity index (χ1) is 11.0. The summed E-state index contributed by atoms with van der Waals surface area (Å²) in [5.74, 6) is 0.0784. The fraction of sp³-hybridized carbons (Fsp3) is 0.214. The molecular formula is C14H13N5O2S2. The summed E-state index contributed by atoms with van der Waals surface area (Å²) < 4.78 is 1.78. The zero-order valence-corrected chi connectivity index (χ0v) is 14.1. The SMILES string of the molecule is Cc1ccc(NC(=O)CSc2nn3c(=O)cnnc3s2)c(C)c1. The van der Waals surface area contributed by atoms with E-state index in [1.165, 1.54) is 27.6 Å². The number of hydrogen-bond donors (Lipinski definition) is 1. The van der Waals surface area contributed by atoms with Gasteiger partial charge in [-0.2, -0.15) is 9.61 Å². The smallest absolute Gasteiger partial charge is 0.293 e. The van der Waals surface area contributed by atoms with Crippen LogP contribution >= 0.6 is 23.1 Å². The molecule has 118 valence electrons. The van der Waals surface area contributed by atoms with Crippen LogP contribution in [-0.2, 0) is 4.79 Å². The summed E-state index contributed by atoms with van der Waals surface area (Å²) in [6.07, 6.45) is 1.11. The number of aromatic nitrogens is 4. The van der Waals surface area contributed by atoms with Gasteiger partial charge >= 0.3 is 0 Å². The van der Waals surface area contributed by atoms with Crippen molar-refractivity contribution in [1.29, 1.82) is 0 Å². The number of amides is 1. The Morgan fingerprint density at radius 3 is 2.96 bits per heavy atom. The van der Waals surface area contributed by atoms with Crippen molar-refractivity contribution in [2.75, 3.05) is 11.1 Å². The van der Waals surface area contributed by atoms with Gasteiger partial charge in [-0.25, -0.2) is 0 Å². The molecule has 1 N–H and O–H groups in total. The van der Waals surface area contributed by atoms with Crippen molar-refractivity contribution in [1.82, 2.24) is 19.8 Å². The van der Waals surface area contributed by atoms with Crippen LogP contribution in [0, 0.1) is 13.8 Å². The second-order valence-corrected chi connectivity index (χ2v) is 7.08. The van der Waals surface area contributed by atoms with Crippen molar-refractivity contribution in [3.8, 4) is 0 Å². The second-order valence-electron chi connectivity index (χ2n) is 4.90. The molecule has 0 saturated carbocycles. The van der Waals surface area contributed by atoms with Gasteiger partial charge in [0.15, 0.2) is 4.34 Å². The number of thioether (sulfide) groups is 1. The molecule has 0 fully saturated rings. The Morgan fingerprint density at radius 2 is 2.22 bits per heavy atom. The molecule has 0 saturated heterocycles. The third-order valence-electron chi connectivity index (χ3n) is 3.04. The number of carbonyl (C=O) groups excluding carboxylic acids is 1. The van der Waals surface area contributed by atoms with Crippen LogP contribution in [0.5, 0.6) is 0 Å². The molecule has 1 aromatic carbocycles. The number of carbonyl (C=O) groups is 1. The molecule has 23 heavy (non-hydrogen) atoms. The average Bonchev–Trinajstić information content (AvgIpc) is 2.93. The highest BCUT2D eigenvalue weighted by Gasteiger charge is 2.10. The first kappa shape index (κ1) is 15.6. The highest BCUT2D eigenvalue weighted by atomic mass is 32.2. The maximum atomic E-state index is 12.1. The number of anilines is 1. The fourth-order valence-electron chi connectivity index (χ4n) is 1.98. The normalized spacial score (nSPS) is 10.9. The topological polar surface area (TPSA) is 89.3 Å². The summed E-state index contributed by atoms with van der Waals surface area (Å²) in [7, 11) is 0. The lowest BCUT2D eigenvalue weighted by Crippen LogP contribution is -2.15. The van der Waals surface area contributed by atoms with Crippen LogP contribution in [0.4, 0.5) is 5.69 Å². The zero-order chi connectivity index (χ0) is 16.4. The quantitative estimate of drug-likeness (QED) is 0.725. The summed E-state index contributed by atoms with van der Waals surface area (Å²) in [5.41, 5.74) is 2.63. The minimum atomic E-state index is -0.335. The van der Waals surface area contributed by atoms with Gasteiger partial charge in [-0.1, -0.05) is 40.8 Å². The van der Waals surface area contributed by atoms with Gasteiger partial charge in [0.25, 0.3) is 5.56 Å². The molecule has 1 amide bonds. The maximum Gasteiger partial charge on any atom is 0.293 e.